The van der Waals surface area contributed by atoms with Crippen molar-refractivity contribution in [1.82, 2.24) is 4.57 Å². The number of rotatable bonds is 2. The third-order valence-electron chi connectivity index (χ3n) is 6.63. The zero-order valence-corrected chi connectivity index (χ0v) is 18.5. The van der Waals surface area contributed by atoms with Gasteiger partial charge in [0.25, 0.3) is 0 Å². The fourth-order valence-electron chi connectivity index (χ4n) is 5.10. The molecule has 0 bridgehead atoms. The SMILES string of the molecule is c1ccc(-c2ccc(-n3c4c(c5ccccc53)-c3ccccc3Oc3ccccc3-4)cc2)cc1. The van der Waals surface area contributed by atoms with Gasteiger partial charge in [-0.1, -0.05) is 91.0 Å². The van der Waals surface area contributed by atoms with E-state index in [2.05, 4.69) is 120 Å². The quantitative estimate of drug-likeness (QED) is 0.265. The minimum atomic E-state index is 0.874. The molecule has 0 atom stereocenters. The zero-order valence-electron chi connectivity index (χ0n) is 18.5. The maximum atomic E-state index is 6.45. The summed E-state index contributed by atoms with van der Waals surface area (Å²) in [5.74, 6) is 1.76. The number of ether oxygens (including phenoxy) is 1. The molecule has 0 saturated heterocycles. The number of nitrogens with zero attached hydrogens (tertiary/aromatic N) is 1. The van der Waals surface area contributed by atoms with E-state index in [1.54, 1.807) is 0 Å². The van der Waals surface area contributed by atoms with Crippen LogP contribution in [0.1, 0.15) is 0 Å². The molecule has 1 aromatic heterocycles. The lowest BCUT2D eigenvalue weighted by Crippen LogP contribution is -1.98. The predicted molar refractivity (Wildman–Crippen MR) is 140 cm³/mol. The van der Waals surface area contributed by atoms with Gasteiger partial charge in [-0.2, -0.15) is 0 Å². The molecule has 160 valence electrons. The van der Waals surface area contributed by atoms with Crippen LogP contribution in [0.5, 0.6) is 11.5 Å². The molecule has 0 fully saturated rings. The highest BCUT2D eigenvalue weighted by Gasteiger charge is 2.27. The van der Waals surface area contributed by atoms with Crippen LogP contribution < -0.4 is 4.74 Å². The van der Waals surface area contributed by atoms with Gasteiger partial charge in [0.15, 0.2) is 0 Å². The molecule has 0 radical (unpaired) electrons. The summed E-state index contributed by atoms with van der Waals surface area (Å²) in [5.41, 5.74) is 9.33. The van der Waals surface area contributed by atoms with Gasteiger partial charge in [-0.3, -0.25) is 0 Å². The fraction of sp³-hybridized carbons (Fsp3) is 0. The summed E-state index contributed by atoms with van der Waals surface area (Å²) in [5, 5.41) is 1.22. The van der Waals surface area contributed by atoms with Gasteiger partial charge in [0, 0.05) is 27.8 Å². The molecule has 0 unspecified atom stereocenters. The molecule has 34 heavy (non-hydrogen) atoms. The lowest BCUT2D eigenvalue weighted by atomic mass is 9.98. The molecule has 6 aromatic rings. The Morgan fingerprint density at radius 1 is 0.471 bits per heavy atom. The summed E-state index contributed by atoms with van der Waals surface area (Å²) in [6.45, 7) is 0. The van der Waals surface area contributed by atoms with Gasteiger partial charge in [-0.15, -0.1) is 0 Å². The molecule has 2 heteroatoms. The second-order valence-electron chi connectivity index (χ2n) is 8.58. The lowest BCUT2D eigenvalue weighted by molar-refractivity contribution is 0.487. The number of benzene rings is 5. The Hall–Kier alpha value is -4.56. The second kappa shape index (κ2) is 7.50. The van der Waals surface area contributed by atoms with Gasteiger partial charge in [-0.05, 0) is 47.5 Å². The summed E-state index contributed by atoms with van der Waals surface area (Å²) >= 11 is 0. The largest absolute Gasteiger partial charge is 0.456 e. The lowest BCUT2D eigenvalue weighted by Gasteiger charge is -2.14. The highest BCUT2D eigenvalue weighted by atomic mass is 16.5. The van der Waals surface area contributed by atoms with Crippen LogP contribution in [0.4, 0.5) is 0 Å². The Morgan fingerprint density at radius 3 is 1.85 bits per heavy atom. The highest BCUT2D eigenvalue weighted by Crippen LogP contribution is 2.51. The standard InChI is InChI=1S/C32H21NO/c1-2-10-22(11-3-1)23-18-20-24(21-19-23)33-28-15-7-4-12-25(28)31-26-13-5-8-16-29(26)34-30-17-9-6-14-27(30)32(31)33/h1-21H. The van der Waals surface area contributed by atoms with E-state index in [-0.39, 0.29) is 0 Å². The van der Waals surface area contributed by atoms with Gasteiger partial charge in [-0.25, -0.2) is 0 Å². The Bertz CT molecular complexity index is 1660. The third kappa shape index (κ3) is 2.82. The van der Waals surface area contributed by atoms with Crippen LogP contribution in [0.2, 0.25) is 0 Å². The van der Waals surface area contributed by atoms with Crippen molar-refractivity contribution in [3.8, 4) is 50.7 Å². The van der Waals surface area contributed by atoms with Crippen molar-refractivity contribution >= 4 is 10.9 Å². The summed E-state index contributed by atoms with van der Waals surface area (Å²) in [6.07, 6.45) is 0. The van der Waals surface area contributed by atoms with E-state index in [0.717, 1.165) is 34.0 Å². The summed E-state index contributed by atoms with van der Waals surface area (Å²) < 4.78 is 8.83. The first kappa shape index (κ1) is 19.0. The molecule has 1 aliphatic heterocycles. The molecule has 2 heterocycles. The Kier molecular flexibility index (Phi) is 4.18. The Labute approximate surface area is 198 Å². The molecule has 0 amide bonds. The van der Waals surface area contributed by atoms with Crippen molar-refractivity contribution in [2.75, 3.05) is 0 Å². The Balaban J connectivity index is 1.56. The van der Waals surface area contributed by atoms with E-state index >= 15 is 0 Å². The average Bonchev–Trinajstić information content (AvgIpc) is 3.17. The molecule has 0 N–H and O–H groups in total. The van der Waals surface area contributed by atoms with E-state index in [9.17, 15) is 0 Å². The maximum Gasteiger partial charge on any atom is 0.136 e. The minimum absolute atomic E-state index is 0.874. The molecule has 1 aliphatic rings. The van der Waals surface area contributed by atoms with Crippen LogP contribution in [0.15, 0.2) is 127 Å². The van der Waals surface area contributed by atoms with E-state index in [0.29, 0.717) is 0 Å². The van der Waals surface area contributed by atoms with Gasteiger partial charge in [0.2, 0.25) is 0 Å². The highest BCUT2D eigenvalue weighted by molar-refractivity contribution is 6.08. The van der Waals surface area contributed by atoms with Crippen LogP contribution in [0.3, 0.4) is 0 Å². The van der Waals surface area contributed by atoms with Crippen LogP contribution >= 0.6 is 0 Å². The number of para-hydroxylation sites is 3. The van der Waals surface area contributed by atoms with Crippen molar-refractivity contribution in [2.45, 2.75) is 0 Å². The first-order valence-corrected chi connectivity index (χ1v) is 11.5. The summed E-state index contributed by atoms with van der Waals surface area (Å²) in [4.78, 5) is 0. The summed E-state index contributed by atoms with van der Waals surface area (Å²) in [6, 6.07) is 44.7. The van der Waals surface area contributed by atoms with Crippen molar-refractivity contribution in [3.05, 3.63) is 127 Å². The first-order chi connectivity index (χ1) is 16.9. The van der Waals surface area contributed by atoms with E-state index in [1.165, 1.54) is 27.6 Å². The molecule has 0 saturated carbocycles. The van der Waals surface area contributed by atoms with Crippen molar-refractivity contribution in [3.63, 3.8) is 0 Å². The van der Waals surface area contributed by atoms with Gasteiger partial charge >= 0.3 is 0 Å². The smallest absolute Gasteiger partial charge is 0.136 e. The first-order valence-electron chi connectivity index (χ1n) is 11.5. The van der Waals surface area contributed by atoms with E-state index in [4.69, 9.17) is 4.74 Å². The zero-order chi connectivity index (χ0) is 22.5. The molecule has 0 spiro atoms. The van der Waals surface area contributed by atoms with Crippen LogP contribution in [-0.4, -0.2) is 4.57 Å². The fourth-order valence-corrected chi connectivity index (χ4v) is 5.10. The number of hydrogen-bond donors (Lipinski definition) is 0. The van der Waals surface area contributed by atoms with Gasteiger partial charge in [0.05, 0.1) is 11.2 Å². The minimum Gasteiger partial charge on any atom is -0.456 e. The number of hydrogen-bond acceptors (Lipinski definition) is 1. The predicted octanol–water partition coefficient (Wildman–Crippen LogP) is 8.74. The molecule has 2 nitrogen and oxygen atoms in total. The van der Waals surface area contributed by atoms with Crippen molar-refractivity contribution in [1.29, 1.82) is 0 Å². The summed E-state index contributed by atoms with van der Waals surface area (Å²) in [7, 11) is 0. The third-order valence-corrected chi connectivity index (χ3v) is 6.63. The van der Waals surface area contributed by atoms with Crippen LogP contribution in [0.25, 0.3) is 50.1 Å². The second-order valence-corrected chi connectivity index (χ2v) is 8.58. The number of aromatic nitrogens is 1. The average molecular weight is 436 g/mol. The number of fused-ring (bicyclic) bond motifs is 7. The van der Waals surface area contributed by atoms with Crippen LogP contribution in [0, 0.1) is 0 Å². The van der Waals surface area contributed by atoms with Gasteiger partial charge < -0.3 is 9.30 Å². The van der Waals surface area contributed by atoms with E-state index in [1.807, 2.05) is 12.1 Å². The van der Waals surface area contributed by atoms with Gasteiger partial charge in [0.1, 0.15) is 11.5 Å². The Morgan fingerprint density at radius 2 is 1.06 bits per heavy atom. The molecular weight excluding hydrogens is 414 g/mol. The normalized spacial score (nSPS) is 11.8. The maximum absolute atomic E-state index is 6.45. The van der Waals surface area contributed by atoms with Crippen LogP contribution in [-0.2, 0) is 0 Å². The topological polar surface area (TPSA) is 14.2 Å². The molecular formula is C32H21NO. The molecule has 7 rings (SSSR count). The van der Waals surface area contributed by atoms with Crippen molar-refractivity contribution < 1.29 is 4.74 Å². The molecule has 0 aliphatic carbocycles. The monoisotopic (exact) mass is 435 g/mol. The van der Waals surface area contributed by atoms with E-state index < -0.39 is 0 Å². The molecule has 5 aromatic carbocycles. The van der Waals surface area contributed by atoms with Crippen molar-refractivity contribution in [2.24, 2.45) is 0 Å².